The Balaban J connectivity index is 1.80. The van der Waals surface area contributed by atoms with Crippen LogP contribution in [0, 0.1) is 6.92 Å². The Kier molecular flexibility index (Phi) is 4.89. The second-order valence-electron chi connectivity index (χ2n) is 6.87. The lowest BCUT2D eigenvalue weighted by Gasteiger charge is -2.47. The second kappa shape index (κ2) is 7.33. The Hall–Kier alpha value is -2.37. The van der Waals surface area contributed by atoms with Gasteiger partial charge in [0.25, 0.3) is 0 Å². The molecule has 3 aromatic carbocycles. The zero-order valence-corrected chi connectivity index (χ0v) is 16.0. The van der Waals surface area contributed by atoms with Gasteiger partial charge in [0.05, 0.1) is 6.17 Å². The molecule has 0 saturated heterocycles. The molecule has 4 nitrogen and oxygen atoms in total. The minimum absolute atomic E-state index is 0.286. The fourth-order valence-corrected chi connectivity index (χ4v) is 3.87. The highest BCUT2D eigenvalue weighted by molar-refractivity contribution is 6.30. The van der Waals surface area contributed by atoms with Crippen molar-refractivity contribution in [1.29, 1.82) is 0 Å². The van der Waals surface area contributed by atoms with Gasteiger partial charge in [0.2, 0.25) is 0 Å². The van der Waals surface area contributed by atoms with Crippen LogP contribution in [-0.4, -0.2) is 11.2 Å². The summed E-state index contributed by atoms with van der Waals surface area (Å²) in [5, 5.41) is 0.678. The van der Waals surface area contributed by atoms with Gasteiger partial charge in [-0.05, 0) is 42.3 Å². The number of hydrogen-bond acceptors (Lipinski definition) is 4. The smallest absolute Gasteiger partial charge is 0.141 e. The minimum atomic E-state index is -0.409. The molecule has 1 aliphatic rings. The predicted molar refractivity (Wildman–Crippen MR) is 112 cm³/mol. The molecule has 27 heavy (non-hydrogen) atoms. The van der Waals surface area contributed by atoms with Gasteiger partial charge in [0, 0.05) is 28.5 Å². The zero-order chi connectivity index (χ0) is 19.0. The molecule has 5 heteroatoms. The van der Waals surface area contributed by atoms with Crippen LogP contribution in [0.4, 0.5) is 11.4 Å². The third-order valence-electron chi connectivity index (χ3n) is 5.18. The lowest BCUT2D eigenvalue weighted by atomic mass is 10.0. The van der Waals surface area contributed by atoms with E-state index in [2.05, 4.69) is 41.0 Å². The number of hydrogen-bond donors (Lipinski definition) is 2. The van der Waals surface area contributed by atoms with E-state index in [-0.39, 0.29) is 6.17 Å². The summed E-state index contributed by atoms with van der Waals surface area (Å²) in [6.45, 7) is 2.78. The van der Waals surface area contributed by atoms with Crippen molar-refractivity contribution >= 4 is 23.0 Å². The van der Waals surface area contributed by atoms with Gasteiger partial charge in [-0.15, -0.1) is 0 Å². The highest BCUT2D eigenvalue weighted by Crippen LogP contribution is 2.40. The van der Waals surface area contributed by atoms with Crippen LogP contribution in [0.25, 0.3) is 0 Å². The van der Waals surface area contributed by atoms with E-state index in [1.807, 2.05) is 48.5 Å². The van der Waals surface area contributed by atoms with Gasteiger partial charge in [-0.3, -0.25) is 5.73 Å². The first-order chi connectivity index (χ1) is 13.1. The van der Waals surface area contributed by atoms with Crippen molar-refractivity contribution in [1.82, 2.24) is 4.90 Å². The number of para-hydroxylation sites is 1. The summed E-state index contributed by atoms with van der Waals surface area (Å²) >= 11 is 6.25. The van der Waals surface area contributed by atoms with Crippen LogP contribution in [0.15, 0.2) is 72.8 Å². The lowest BCUT2D eigenvalue weighted by molar-refractivity contribution is 0.121. The summed E-state index contributed by atoms with van der Waals surface area (Å²) in [5.41, 5.74) is 18.8. The highest BCUT2D eigenvalue weighted by atomic mass is 35.5. The molecule has 0 amide bonds. The zero-order valence-electron chi connectivity index (χ0n) is 15.2. The van der Waals surface area contributed by atoms with Crippen molar-refractivity contribution in [3.05, 3.63) is 94.5 Å². The van der Waals surface area contributed by atoms with Gasteiger partial charge in [-0.2, -0.15) is 0 Å². The maximum atomic E-state index is 6.74. The van der Waals surface area contributed by atoms with E-state index in [1.54, 1.807) is 0 Å². The Morgan fingerprint density at radius 3 is 2.44 bits per heavy atom. The van der Waals surface area contributed by atoms with Crippen LogP contribution in [0.3, 0.4) is 0 Å². The number of aryl methyl sites for hydroxylation is 1. The van der Waals surface area contributed by atoms with E-state index in [9.17, 15) is 0 Å². The summed E-state index contributed by atoms with van der Waals surface area (Å²) in [4.78, 5) is 4.22. The summed E-state index contributed by atoms with van der Waals surface area (Å²) in [6, 6.07) is 24.2. The molecule has 1 aliphatic heterocycles. The molecule has 0 spiro atoms. The number of anilines is 2. The van der Waals surface area contributed by atoms with Crippen LogP contribution in [0.1, 0.15) is 22.9 Å². The molecule has 0 aliphatic carbocycles. The maximum absolute atomic E-state index is 6.74. The fourth-order valence-electron chi connectivity index (χ4n) is 3.68. The Morgan fingerprint density at radius 2 is 1.67 bits per heavy atom. The van der Waals surface area contributed by atoms with Crippen LogP contribution in [0.2, 0.25) is 5.02 Å². The first-order valence-corrected chi connectivity index (χ1v) is 9.39. The summed E-state index contributed by atoms with van der Waals surface area (Å²) in [5.74, 6) is 0. The van der Waals surface area contributed by atoms with E-state index in [4.69, 9.17) is 23.1 Å². The van der Waals surface area contributed by atoms with Crippen molar-refractivity contribution in [2.45, 2.75) is 25.9 Å². The normalized spacial score (nSPS) is 19.8. The molecule has 0 fully saturated rings. The monoisotopic (exact) mass is 378 g/mol. The minimum Gasteiger partial charge on any atom is -0.312 e. The molecule has 0 bridgehead atoms. The number of nitrogens with zero attached hydrogens (tertiary/aromatic N) is 2. The Labute approximate surface area is 165 Å². The van der Waals surface area contributed by atoms with Crippen molar-refractivity contribution in [3.8, 4) is 0 Å². The molecule has 0 saturated carbocycles. The Bertz CT molecular complexity index is 958. The molecule has 1 heterocycles. The van der Waals surface area contributed by atoms with E-state index >= 15 is 0 Å². The van der Waals surface area contributed by atoms with Gasteiger partial charge < -0.3 is 10.6 Å². The highest BCUT2D eigenvalue weighted by Gasteiger charge is 2.36. The van der Waals surface area contributed by atoms with Crippen LogP contribution >= 0.6 is 11.6 Å². The summed E-state index contributed by atoms with van der Waals surface area (Å²) in [6.07, 6.45) is -0.695. The molecule has 4 N–H and O–H groups in total. The van der Waals surface area contributed by atoms with Crippen LogP contribution < -0.4 is 16.4 Å². The number of rotatable bonds is 3. The van der Waals surface area contributed by atoms with Crippen LogP contribution in [0.5, 0.6) is 0 Å². The molecule has 138 valence electrons. The molecule has 4 rings (SSSR count). The lowest BCUT2D eigenvalue weighted by Crippen LogP contribution is -2.58. The summed E-state index contributed by atoms with van der Waals surface area (Å²) in [7, 11) is 0. The largest absolute Gasteiger partial charge is 0.312 e. The molecule has 0 radical (unpaired) electrons. The van der Waals surface area contributed by atoms with Crippen LogP contribution in [-0.2, 0) is 6.54 Å². The average Bonchev–Trinajstić information content (AvgIpc) is 2.67. The first kappa shape index (κ1) is 18.0. The first-order valence-electron chi connectivity index (χ1n) is 9.01. The maximum Gasteiger partial charge on any atom is 0.141 e. The Morgan fingerprint density at radius 1 is 0.926 bits per heavy atom. The quantitative estimate of drug-likeness (QED) is 0.704. The van der Waals surface area contributed by atoms with E-state index in [0.717, 1.165) is 16.9 Å². The number of benzene rings is 3. The predicted octanol–water partition coefficient (Wildman–Crippen LogP) is 4.50. The van der Waals surface area contributed by atoms with Crippen molar-refractivity contribution in [2.75, 3.05) is 4.90 Å². The molecular formula is C22H23ClN4. The van der Waals surface area contributed by atoms with Gasteiger partial charge in [0.1, 0.15) is 6.29 Å². The van der Waals surface area contributed by atoms with E-state index in [1.165, 1.54) is 11.1 Å². The SMILES string of the molecule is Cc1ccccc1CN1C(N)c2ccccc2N(c2cccc(Cl)c2)C1N. The van der Waals surface area contributed by atoms with Gasteiger partial charge in [0.15, 0.2) is 0 Å². The van der Waals surface area contributed by atoms with Crippen molar-refractivity contribution < 1.29 is 0 Å². The number of fused-ring (bicyclic) bond motifs is 1. The molecule has 2 unspecified atom stereocenters. The van der Waals surface area contributed by atoms with Gasteiger partial charge in [-0.1, -0.05) is 60.1 Å². The standard InChI is InChI=1S/C22H23ClN4/c1-15-7-2-3-8-16(15)14-26-21(24)19-11-4-5-12-20(19)27(22(26)25)18-10-6-9-17(23)13-18/h2-13,21-22H,14,24-25H2,1H3. The summed E-state index contributed by atoms with van der Waals surface area (Å²) < 4.78 is 0. The fraction of sp³-hybridized carbons (Fsp3) is 0.182. The second-order valence-corrected chi connectivity index (χ2v) is 7.30. The average molecular weight is 379 g/mol. The number of halogens is 1. The van der Waals surface area contributed by atoms with Gasteiger partial charge >= 0.3 is 0 Å². The third-order valence-corrected chi connectivity index (χ3v) is 5.41. The van der Waals surface area contributed by atoms with Gasteiger partial charge in [-0.25, -0.2) is 4.90 Å². The van der Waals surface area contributed by atoms with Crippen molar-refractivity contribution in [3.63, 3.8) is 0 Å². The molecule has 0 aromatic heterocycles. The number of nitrogens with two attached hydrogens (primary N) is 2. The van der Waals surface area contributed by atoms with E-state index in [0.29, 0.717) is 11.6 Å². The molecule has 3 aromatic rings. The van der Waals surface area contributed by atoms with E-state index < -0.39 is 6.29 Å². The topological polar surface area (TPSA) is 58.5 Å². The molecule has 2 atom stereocenters. The van der Waals surface area contributed by atoms with Crippen molar-refractivity contribution in [2.24, 2.45) is 11.5 Å². The molecular weight excluding hydrogens is 356 g/mol. The third kappa shape index (κ3) is 3.33.